The molecule has 1 aromatic heterocycles. The molecule has 0 spiro atoms. The van der Waals surface area contributed by atoms with Crippen molar-refractivity contribution in [1.82, 2.24) is 10.3 Å². The standard InChI is InChI=1S/C16H22N2O/c1-12-4-6-14-10-13(5-7-15(14)18-12)11-17-16(2,3)8-9-19/h4-7,10,17,19H,8-9,11H2,1-3H3. The lowest BCUT2D eigenvalue weighted by molar-refractivity contribution is 0.230. The minimum atomic E-state index is -0.0464. The number of aromatic nitrogens is 1. The third kappa shape index (κ3) is 3.75. The van der Waals surface area contributed by atoms with Crippen molar-refractivity contribution in [2.24, 2.45) is 0 Å². The molecule has 0 bridgehead atoms. The lowest BCUT2D eigenvalue weighted by Crippen LogP contribution is -2.39. The predicted molar refractivity (Wildman–Crippen MR) is 79.1 cm³/mol. The van der Waals surface area contributed by atoms with Gasteiger partial charge in [0, 0.05) is 29.8 Å². The number of nitrogens with one attached hydrogen (secondary N) is 1. The first kappa shape index (κ1) is 14.0. The molecule has 0 atom stereocenters. The molecule has 1 heterocycles. The smallest absolute Gasteiger partial charge is 0.0705 e. The average Bonchev–Trinajstić information content (AvgIpc) is 2.36. The van der Waals surface area contributed by atoms with Crippen LogP contribution in [0.2, 0.25) is 0 Å². The number of pyridine rings is 1. The van der Waals surface area contributed by atoms with Crippen molar-refractivity contribution in [3.05, 3.63) is 41.6 Å². The van der Waals surface area contributed by atoms with Crippen LogP contribution in [0.3, 0.4) is 0 Å². The first-order valence-corrected chi connectivity index (χ1v) is 6.72. The quantitative estimate of drug-likeness (QED) is 0.867. The molecule has 0 saturated heterocycles. The Morgan fingerprint density at radius 3 is 2.74 bits per heavy atom. The maximum absolute atomic E-state index is 9.02. The molecule has 3 heteroatoms. The third-order valence-electron chi connectivity index (χ3n) is 3.40. The number of fused-ring (bicyclic) bond motifs is 1. The fourth-order valence-corrected chi connectivity index (χ4v) is 2.10. The van der Waals surface area contributed by atoms with Crippen LogP contribution in [-0.2, 0) is 6.54 Å². The van der Waals surface area contributed by atoms with E-state index in [1.54, 1.807) is 0 Å². The minimum absolute atomic E-state index is 0.0464. The number of benzene rings is 1. The van der Waals surface area contributed by atoms with Crippen molar-refractivity contribution in [1.29, 1.82) is 0 Å². The van der Waals surface area contributed by atoms with Crippen LogP contribution < -0.4 is 5.32 Å². The fourth-order valence-electron chi connectivity index (χ4n) is 2.10. The number of rotatable bonds is 5. The van der Waals surface area contributed by atoms with Crippen LogP contribution in [0.15, 0.2) is 30.3 Å². The van der Waals surface area contributed by atoms with E-state index in [1.165, 1.54) is 10.9 Å². The topological polar surface area (TPSA) is 45.1 Å². The molecule has 0 aliphatic carbocycles. The van der Waals surface area contributed by atoms with Crippen molar-refractivity contribution in [3.63, 3.8) is 0 Å². The molecule has 0 aliphatic heterocycles. The van der Waals surface area contributed by atoms with Gasteiger partial charge >= 0.3 is 0 Å². The van der Waals surface area contributed by atoms with Gasteiger partial charge in [0.15, 0.2) is 0 Å². The Labute approximate surface area is 114 Å². The Morgan fingerprint density at radius 2 is 2.00 bits per heavy atom. The lowest BCUT2D eigenvalue weighted by atomic mass is 10.0. The number of aliphatic hydroxyl groups is 1. The Balaban J connectivity index is 2.11. The van der Waals surface area contributed by atoms with Crippen LogP contribution in [0.5, 0.6) is 0 Å². The van der Waals surface area contributed by atoms with Crippen LogP contribution in [0.25, 0.3) is 10.9 Å². The van der Waals surface area contributed by atoms with Gasteiger partial charge in [-0.3, -0.25) is 4.98 Å². The molecule has 19 heavy (non-hydrogen) atoms. The summed E-state index contributed by atoms with van der Waals surface area (Å²) in [6.45, 7) is 7.23. The van der Waals surface area contributed by atoms with Crippen LogP contribution in [0, 0.1) is 6.92 Å². The summed E-state index contributed by atoms with van der Waals surface area (Å²) in [7, 11) is 0. The maximum atomic E-state index is 9.02. The van der Waals surface area contributed by atoms with Gasteiger partial charge in [-0.1, -0.05) is 12.1 Å². The van der Waals surface area contributed by atoms with Gasteiger partial charge in [-0.15, -0.1) is 0 Å². The summed E-state index contributed by atoms with van der Waals surface area (Å²) in [5, 5.41) is 13.7. The molecule has 0 saturated carbocycles. The summed E-state index contributed by atoms with van der Waals surface area (Å²) in [4.78, 5) is 4.50. The van der Waals surface area contributed by atoms with Crippen LogP contribution in [0.4, 0.5) is 0 Å². The molecule has 0 radical (unpaired) electrons. The van der Waals surface area contributed by atoms with Gasteiger partial charge in [-0.2, -0.15) is 0 Å². The summed E-state index contributed by atoms with van der Waals surface area (Å²) >= 11 is 0. The fraction of sp³-hybridized carbons (Fsp3) is 0.438. The highest BCUT2D eigenvalue weighted by Gasteiger charge is 2.15. The molecule has 2 aromatic rings. The van der Waals surface area contributed by atoms with E-state index in [4.69, 9.17) is 5.11 Å². The average molecular weight is 258 g/mol. The van der Waals surface area contributed by atoms with Gasteiger partial charge in [-0.05, 0) is 51.0 Å². The molecule has 0 aliphatic rings. The monoisotopic (exact) mass is 258 g/mol. The van der Waals surface area contributed by atoms with Gasteiger partial charge in [-0.25, -0.2) is 0 Å². The first-order valence-electron chi connectivity index (χ1n) is 6.72. The summed E-state index contributed by atoms with van der Waals surface area (Å²) < 4.78 is 0. The van der Waals surface area contributed by atoms with Crippen molar-refractivity contribution in [2.45, 2.75) is 39.3 Å². The molecule has 3 nitrogen and oxygen atoms in total. The van der Waals surface area contributed by atoms with E-state index in [9.17, 15) is 0 Å². The predicted octanol–water partition coefficient (Wildman–Crippen LogP) is 2.79. The van der Waals surface area contributed by atoms with Gasteiger partial charge < -0.3 is 10.4 Å². The Morgan fingerprint density at radius 1 is 1.21 bits per heavy atom. The van der Waals surface area contributed by atoms with Crippen molar-refractivity contribution >= 4 is 10.9 Å². The molecule has 0 fully saturated rings. The number of nitrogens with zero attached hydrogens (tertiary/aromatic N) is 1. The van der Waals surface area contributed by atoms with E-state index in [2.05, 4.69) is 48.4 Å². The lowest BCUT2D eigenvalue weighted by Gasteiger charge is -2.25. The summed E-state index contributed by atoms with van der Waals surface area (Å²) in [6.07, 6.45) is 0.751. The summed E-state index contributed by atoms with van der Waals surface area (Å²) in [5.41, 5.74) is 3.28. The zero-order valence-corrected chi connectivity index (χ0v) is 11.9. The van der Waals surface area contributed by atoms with Gasteiger partial charge in [0.25, 0.3) is 0 Å². The maximum Gasteiger partial charge on any atom is 0.0705 e. The highest BCUT2D eigenvalue weighted by atomic mass is 16.3. The Bertz CT molecular complexity index is 564. The molecule has 2 rings (SSSR count). The molecular formula is C16H22N2O. The van der Waals surface area contributed by atoms with Gasteiger partial charge in [0.1, 0.15) is 0 Å². The molecule has 0 amide bonds. The van der Waals surface area contributed by atoms with Crippen LogP contribution >= 0.6 is 0 Å². The Hall–Kier alpha value is -1.45. The highest BCUT2D eigenvalue weighted by molar-refractivity contribution is 5.79. The number of hydrogen-bond donors (Lipinski definition) is 2. The van der Waals surface area contributed by atoms with Crippen molar-refractivity contribution in [3.8, 4) is 0 Å². The molecule has 102 valence electrons. The second kappa shape index (κ2) is 5.68. The first-order chi connectivity index (χ1) is 9.00. The van der Waals surface area contributed by atoms with E-state index in [-0.39, 0.29) is 12.1 Å². The SMILES string of the molecule is Cc1ccc2cc(CNC(C)(C)CCO)ccc2n1. The normalized spacial score (nSPS) is 12.0. The number of aliphatic hydroxyl groups excluding tert-OH is 1. The largest absolute Gasteiger partial charge is 0.396 e. The second-order valence-electron chi connectivity index (χ2n) is 5.69. The van der Waals surface area contributed by atoms with Crippen LogP contribution in [0.1, 0.15) is 31.5 Å². The van der Waals surface area contributed by atoms with Crippen molar-refractivity contribution in [2.75, 3.05) is 6.61 Å². The molecule has 2 N–H and O–H groups in total. The second-order valence-corrected chi connectivity index (χ2v) is 5.69. The number of hydrogen-bond acceptors (Lipinski definition) is 3. The summed E-state index contributed by atoms with van der Waals surface area (Å²) in [5.74, 6) is 0. The molecule has 1 aromatic carbocycles. The van der Waals surface area contributed by atoms with Crippen molar-refractivity contribution < 1.29 is 5.11 Å². The molecular weight excluding hydrogens is 236 g/mol. The summed E-state index contributed by atoms with van der Waals surface area (Å²) in [6, 6.07) is 10.5. The van der Waals surface area contributed by atoms with Gasteiger partial charge in [0.05, 0.1) is 5.52 Å². The number of aryl methyl sites for hydroxylation is 1. The van der Waals surface area contributed by atoms with E-state index in [0.29, 0.717) is 0 Å². The van der Waals surface area contributed by atoms with E-state index < -0.39 is 0 Å². The highest BCUT2D eigenvalue weighted by Crippen LogP contribution is 2.16. The van der Waals surface area contributed by atoms with E-state index in [1.807, 2.05) is 13.0 Å². The van der Waals surface area contributed by atoms with E-state index in [0.717, 1.165) is 24.2 Å². The van der Waals surface area contributed by atoms with Gasteiger partial charge in [0.2, 0.25) is 0 Å². The minimum Gasteiger partial charge on any atom is -0.396 e. The van der Waals surface area contributed by atoms with E-state index >= 15 is 0 Å². The Kier molecular flexibility index (Phi) is 4.17. The zero-order valence-electron chi connectivity index (χ0n) is 11.9. The molecule has 0 unspecified atom stereocenters. The zero-order chi connectivity index (χ0) is 13.9. The third-order valence-corrected chi connectivity index (χ3v) is 3.40. The van der Waals surface area contributed by atoms with Crippen LogP contribution in [-0.4, -0.2) is 22.2 Å².